The highest BCUT2D eigenvalue weighted by molar-refractivity contribution is 5.85. The second-order valence-corrected chi connectivity index (χ2v) is 5.45. The Kier molecular flexibility index (Phi) is 3.92. The quantitative estimate of drug-likeness (QED) is 0.679. The number of anilines is 1. The zero-order valence-electron chi connectivity index (χ0n) is 12.7. The molecular weight excluding hydrogens is 254 g/mol. The zero-order valence-corrected chi connectivity index (χ0v) is 12.7. The third-order valence-corrected chi connectivity index (χ3v) is 4.08. The van der Waals surface area contributed by atoms with E-state index in [2.05, 4.69) is 79.8 Å². The predicted molar refractivity (Wildman–Crippen MR) is 91.8 cm³/mol. The molecule has 0 aliphatic heterocycles. The fourth-order valence-corrected chi connectivity index (χ4v) is 2.91. The van der Waals surface area contributed by atoms with Crippen LogP contribution in [0.15, 0.2) is 60.7 Å². The Morgan fingerprint density at radius 1 is 0.810 bits per heavy atom. The Balaban J connectivity index is 1.91. The molecule has 1 heteroatoms. The molecule has 0 spiro atoms. The largest absolute Gasteiger partial charge is 0.381 e. The highest BCUT2D eigenvalue weighted by Crippen LogP contribution is 2.24. The Bertz CT molecular complexity index is 753. The van der Waals surface area contributed by atoms with E-state index < -0.39 is 0 Å². The van der Waals surface area contributed by atoms with Crippen molar-refractivity contribution in [2.75, 3.05) is 5.32 Å². The van der Waals surface area contributed by atoms with E-state index >= 15 is 0 Å². The van der Waals surface area contributed by atoms with E-state index in [-0.39, 0.29) is 0 Å². The third kappa shape index (κ3) is 2.78. The van der Waals surface area contributed by atoms with Crippen molar-refractivity contribution in [3.63, 3.8) is 0 Å². The van der Waals surface area contributed by atoms with E-state index in [0.29, 0.717) is 0 Å². The van der Waals surface area contributed by atoms with E-state index in [1.165, 1.54) is 33.2 Å². The summed E-state index contributed by atoms with van der Waals surface area (Å²) in [5, 5.41) is 6.28. The van der Waals surface area contributed by atoms with Crippen LogP contribution in [-0.4, -0.2) is 0 Å². The average Bonchev–Trinajstić information content (AvgIpc) is 2.53. The molecular formula is C20H21N. The summed E-state index contributed by atoms with van der Waals surface area (Å²) < 4.78 is 0. The van der Waals surface area contributed by atoms with Crippen LogP contribution in [0.3, 0.4) is 0 Å². The first-order valence-corrected chi connectivity index (χ1v) is 7.58. The molecule has 3 aromatic rings. The summed E-state index contributed by atoms with van der Waals surface area (Å²) in [6, 6.07) is 21.6. The van der Waals surface area contributed by atoms with E-state index in [9.17, 15) is 0 Å². The lowest BCUT2D eigenvalue weighted by Crippen LogP contribution is -2.04. The summed E-state index contributed by atoms with van der Waals surface area (Å²) in [5.74, 6) is 0. The van der Waals surface area contributed by atoms with Crippen LogP contribution >= 0.6 is 0 Å². The Labute approximate surface area is 126 Å². The molecule has 3 rings (SSSR count). The van der Waals surface area contributed by atoms with Gasteiger partial charge in [-0.1, -0.05) is 67.6 Å². The summed E-state index contributed by atoms with van der Waals surface area (Å²) in [5.41, 5.74) is 5.33. The molecule has 0 aromatic heterocycles. The molecule has 0 bridgehead atoms. The molecule has 0 aliphatic carbocycles. The van der Waals surface area contributed by atoms with Crippen molar-refractivity contribution >= 4 is 16.5 Å². The van der Waals surface area contributed by atoms with Gasteiger partial charge in [-0.3, -0.25) is 0 Å². The molecule has 0 aliphatic rings. The molecule has 0 unspecified atom stereocenters. The molecule has 0 saturated carbocycles. The normalized spacial score (nSPS) is 10.8. The first kappa shape index (κ1) is 13.7. The van der Waals surface area contributed by atoms with Crippen molar-refractivity contribution in [2.24, 2.45) is 0 Å². The van der Waals surface area contributed by atoms with Crippen molar-refractivity contribution in [3.8, 4) is 0 Å². The standard InChI is InChI=1S/C20H21N/c1-3-16-10-6-8-15(2)20(16)21-14-18-12-7-11-17-9-4-5-13-19(17)18/h4-13,21H,3,14H2,1-2H3. The van der Waals surface area contributed by atoms with Crippen LogP contribution in [0, 0.1) is 6.92 Å². The molecule has 0 atom stereocenters. The zero-order chi connectivity index (χ0) is 14.7. The van der Waals surface area contributed by atoms with Gasteiger partial charge in [-0.25, -0.2) is 0 Å². The maximum atomic E-state index is 3.64. The first-order valence-electron chi connectivity index (χ1n) is 7.58. The van der Waals surface area contributed by atoms with Crippen LogP contribution in [0.2, 0.25) is 0 Å². The molecule has 0 fully saturated rings. The summed E-state index contributed by atoms with van der Waals surface area (Å²) in [6.45, 7) is 5.24. The predicted octanol–water partition coefficient (Wildman–Crippen LogP) is 5.32. The Morgan fingerprint density at radius 3 is 2.38 bits per heavy atom. The minimum absolute atomic E-state index is 0.860. The number of rotatable bonds is 4. The summed E-state index contributed by atoms with van der Waals surface area (Å²) >= 11 is 0. The molecule has 3 aromatic carbocycles. The van der Waals surface area contributed by atoms with Gasteiger partial charge in [-0.2, -0.15) is 0 Å². The van der Waals surface area contributed by atoms with Gasteiger partial charge in [0.2, 0.25) is 0 Å². The van der Waals surface area contributed by atoms with Crippen molar-refractivity contribution < 1.29 is 0 Å². The molecule has 106 valence electrons. The SMILES string of the molecule is CCc1cccc(C)c1NCc1cccc2ccccc12. The molecule has 0 heterocycles. The van der Waals surface area contributed by atoms with E-state index in [4.69, 9.17) is 0 Å². The fraction of sp³-hybridized carbons (Fsp3) is 0.200. The fourth-order valence-electron chi connectivity index (χ4n) is 2.91. The van der Waals surface area contributed by atoms with Crippen molar-refractivity contribution in [2.45, 2.75) is 26.8 Å². The van der Waals surface area contributed by atoms with Gasteiger partial charge in [-0.05, 0) is 40.8 Å². The number of aryl methyl sites for hydroxylation is 2. The van der Waals surface area contributed by atoms with Crippen LogP contribution in [0.5, 0.6) is 0 Å². The van der Waals surface area contributed by atoms with Gasteiger partial charge < -0.3 is 5.32 Å². The molecule has 21 heavy (non-hydrogen) atoms. The number of nitrogens with one attached hydrogen (secondary N) is 1. The lowest BCUT2D eigenvalue weighted by molar-refractivity contribution is 1.09. The van der Waals surface area contributed by atoms with Gasteiger partial charge in [0.15, 0.2) is 0 Å². The monoisotopic (exact) mass is 275 g/mol. The minimum atomic E-state index is 0.860. The van der Waals surface area contributed by atoms with Gasteiger partial charge in [0, 0.05) is 12.2 Å². The molecule has 0 radical (unpaired) electrons. The van der Waals surface area contributed by atoms with Crippen LogP contribution in [-0.2, 0) is 13.0 Å². The highest BCUT2D eigenvalue weighted by Gasteiger charge is 2.05. The molecule has 1 N–H and O–H groups in total. The molecule has 1 nitrogen and oxygen atoms in total. The van der Waals surface area contributed by atoms with Crippen LogP contribution in [0.25, 0.3) is 10.8 Å². The number of hydrogen-bond donors (Lipinski definition) is 1. The number of hydrogen-bond acceptors (Lipinski definition) is 1. The van der Waals surface area contributed by atoms with E-state index in [1.807, 2.05) is 0 Å². The third-order valence-electron chi connectivity index (χ3n) is 4.08. The van der Waals surface area contributed by atoms with Crippen molar-refractivity contribution in [1.82, 2.24) is 0 Å². The van der Waals surface area contributed by atoms with Gasteiger partial charge >= 0.3 is 0 Å². The van der Waals surface area contributed by atoms with Gasteiger partial charge in [0.1, 0.15) is 0 Å². The summed E-state index contributed by atoms with van der Waals surface area (Å²) in [6.07, 6.45) is 1.06. The summed E-state index contributed by atoms with van der Waals surface area (Å²) in [7, 11) is 0. The second-order valence-electron chi connectivity index (χ2n) is 5.45. The molecule has 0 saturated heterocycles. The number of benzene rings is 3. The number of fused-ring (bicyclic) bond motifs is 1. The summed E-state index contributed by atoms with van der Waals surface area (Å²) in [4.78, 5) is 0. The van der Waals surface area contributed by atoms with Crippen molar-refractivity contribution in [3.05, 3.63) is 77.4 Å². The Morgan fingerprint density at radius 2 is 1.52 bits per heavy atom. The van der Waals surface area contributed by atoms with Crippen LogP contribution in [0.4, 0.5) is 5.69 Å². The van der Waals surface area contributed by atoms with Crippen molar-refractivity contribution in [1.29, 1.82) is 0 Å². The van der Waals surface area contributed by atoms with Gasteiger partial charge in [0.25, 0.3) is 0 Å². The van der Waals surface area contributed by atoms with Crippen LogP contribution < -0.4 is 5.32 Å². The minimum Gasteiger partial charge on any atom is -0.381 e. The molecule has 0 amide bonds. The van der Waals surface area contributed by atoms with E-state index in [0.717, 1.165) is 13.0 Å². The first-order chi connectivity index (χ1) is 10.3. The lowest BCUT2D eigenvalue weighted by atomic mass is 10.0. The van der Waals surface area contributed by atoms with Gasteiger partial charge in [0.05, 0.1) is 0 Å². The second kappa shape index (κ2) is 6.01. The lowest BCUT2D eigenvalue weighted by Gasteiger charge is -2.15. The smallest absolute Gasteiger partial charge is 0.0407 e. The Hall–Kier alpha value is -2.28. The number of para-hydroxylation sites is 1. The topological polar surface area (TPSA) is 12.0 Å². The van der Waals surface area contributed by atoms with E-state index in [1.54, 1.807) is 0 Å². The highest BCUT2D eigenvalue weighted by atomic mass is 14.9. The van der Waals surface area contributed by atoms with Gasteiger partial charge in [-0.15, -0.1) is 0 Å². The van der Waals surface area contributed by atoms with Crippen LogP contribution in [0.1, 0.15) is 23.6 Å². The maximum Gasteiger partial charge on any atom is 0.0407 e. The average molecular weight is 275 g/mol. The maximum absolute atomic E-state index is 3.64.